The first-order valence-electron chi connectivity index (χ1n) is 7.65. The van der Waals surface area contributed by atoms with Crippen LogP contribution >= 0.6 is 0 Å². The van der Waals surface area contributed by atoms with Crippen LogP contribution in [-0.2, 0) is 21.0 Å². The maximum absolute atomic E-state index is 11.9. The first kappa shape index (κ1) is 18.9. The largest absolute Gasteiger partial charge is 0.484 e. The summed E-state index contributed by atoms with van der Waals surface area (Å²) < 4.78 is 10.4. The van der Waals surface area contributed by atoms with Crippen LogP contribution < -0.4 is 15.4 Å². The molecule has 0 spiro atoms. The number of aryl methyl sites for hydroxylation is 1. The number of nitrogens with one attached hydrogen (secondary N) is 2. The van der Waals surface area contributed by atoms with E-state index >= 15 is 0 Å². The Labute approximate surface area is 148 Å². The number of rotatable bonds is 8. The molecule has 138 valence electrons. The third-order valence-corrected chi connectivity index (χ3v) is 3.14. The Morgan fingerprint density at radius 3 is 2.50 bits per heavy atom. The molecule has 2 aromatic rings. The molecule has 0 radical (unpaired) electrons. The van der Waals surface area contributed by atoms with Crippen molar-refractivity contribution in [2.75, 3.05) is 5.32 Å². The fraction of sp³-hybridized carbons (Fsp3) is 0.312. The van der Waals surface area contributed by atoms with Crippen molar-refractivity contribution in [2.45, 2.75) is 32.9 Å². The van der Waals surface area contributed by atoms with Gasteiger partial charge in [0.2, 0.25) is 11.8 Å². The SMILES string of the molecule is CC(=O)N[C@@H](CC(=O)Nc1ccc(OCc2nc(C)no2)cc1)C(=O)O. The number of carboxylic acid groups (broad SMARTS) is 1. The Morgan fingerprint density at radius 1 is 1.27 bits per heavy atom. The minimum atomic E-state index is -1.28. The molecule has 0 aliphatic heterocycles. The zero-order valence-electron chi connectivity index (χ0n) is 14.2. The zero-order valence-corrected chi connectivity index (χ0v) is 14.2. The quantitative estimate of drug-likeness (QED) is 0.627. The molecule has 0 saturated heterocycles. The number of nitrogens with zero attached hydrogens (tertiary/aromatic N) is 2. The Hall–Kier alpha value is -3.43. The first-order chi connectivity index (χ1) is 12.3. The van der Waals surface area contributed by atoms with Gasteiger partial charge in [0.25, 0.3) is 5.89 Å². The van der Waals surface area contributed by atoms with Crippen molar-refractivity contribution in [3.05, 3.63) is 36.0 Å². The molecule has 0 unspecified atom stereocenters. The molecule has 0 aliphatic rings. The molecule has 0 aliphatic carbocycles. The van der Waals surface area contributed by atoms with Gasteiger partial charge in [0.05, 0.1) is 6.42 Å². The fourth-order valence-electron chi connectivity index (χ4n) is 2.02. The maximum Gasteiger partial charge on any atom is 0.326 e. The van der Waals surface area contributed by atoms with Gasteiger partial charge < -0.3 is 25.0 Å². The predicted octanol–water partition coefficient (Wildman–Crippen LogP) is 0.875. The molecule has 10 nitrogen and oxygen atoms in total. The van der Waals surface area contributed by atoms with E-state index in [9.17, 15) is 14.4 Å². The highest BCUT2D eigenvalue weighted by Gasteiger charge is 2.22. The van der Waals surface area contributed by atoms with Crippen LogP contribution in [0.25, 0.3) is 0 Å². The number of hydrogen-bond acceptors (Lipinski definition) is 7. The standard InChI is InChI=1S/C16H18N4O6/c1-9-17-15(26-20-9)8-25-12-5-3-11(4-6-12)19-14(22)7-13(16(23)24)18-10(2)21/h3-6,13H,7-8H2,1-2H3,(H,18,21)(H,19,22)(H,23,24)/t13-/m0/s1. The number of carbonyl (C=O) groups is 3. The molecule has 0 saturated carbocycles. The number of ether oxygens (including phenoxy) is 1. The van der Waals surface area contributed by atoms with Gasteiger partial charge in [-0.25, -0.2) is 4.79 Å². The van der Waals surface area contributed by atoms with Gasteiger partial charge in [-0.3, -0.25) is 9.59 Å². The van der Waals surface area contributed by atoms with Gasteiger partial charge in [-0.05, 0) is 31.2 Å². The van der Waals surface area contributed by atoms with E-state index in [0.29, 0.717) is 23.2 Å². The van der Waals surface area contributed by atoms with Gasteiger partial charge in [-0.15, -0.1) is 0 Å². The second-order valence-electron chi connectivity index (χ2n) is 5.39. The van der Waals surface area contributed by atoms with Crippen LogP contribution in [-0.4, -0.2) is 39.1 Å². The van der Waals surface area contributed by atoms with Crippen LogP contribution in [0.3, 0.4) is 0 Å². The highest BCUT2D eigenvalue weighted by Crippen LogP contribution is 2.17. The molecule has 1 aromatic carbocycles. The minimum absolute atomic E-state index is 0.115. The molecular formula is C16H18N4O6. The van der Waals surface area contributed by atoms with Crippen molar-refractivity contribution in [1.29, 1.82) is 0 Å². The van der Waals surface area contributed by atoms with E-state index < -0.39 is 23.8 Å². The lowest BCUT2D eigenvalue weighted by Crippen LogP contribution is -2.42. The number of aromatic nitrogens is 2. The molecular weight excluding hydrogens is 344 g/mol. The Balaban J connectivity index is 1.86. The molecule has 26 heavy (non-hydrogen) atoms. The first-order valence-corrected chi connectivity index (χ1v) is 7.65. The molecule has 1 atom stereocenters. The van der Waals surface area contributed by atoms with Crippen molar-refractivity contribution in [3.63, 3.8) is 0 Å². The summed E-state index contributed by atoms with van der Waals surface area (Å²) in [5.74, 6) is -0.960. The number of amides is 2. The summed E-state index contributed by atoms with van der Waals surface area (Å²) in [6.07, 6.45) is -0.385. The molecule has 10 heteroatoms. The van der Waals surface area contributed by atoms with Crippen LogP contribution in [0.1, 0.15) is 25.1 Å². The molecule has 0 bridgehead atoms. The average Bonchev–Trinajstić information content (AvgIpc) is 2.98. The van der Waals surface area contributed by atoms with Gasteiger partial charge >= 0.3 is 5.97 Å². The number of hydrogen-bond donors (Lipinski definition) is 3. The third-order valence-electron chi connectivity index (χ3n) is 3.14. The summed E-state index contributed by atoms with van der Waals surface area (Å²) in [5, 5.41) is 17.4. The van der Waals surface area contributed by atoms with Crippen LogP contribution in [0.15, 0.2) is 28.8 Å². The Morgan fingerprint density at radius 2 is 1.96 bits per heavy atom. The monoisotopic (exact) mass is 362 g/mol. The lowest BCUT2D eigenvalue weighted by molar-refractivity contribution is -0.142. The van der Waals surface area contributed by atoms with E-state index in [4.69, 9.17) is 14.4 Å². The molecule has 3 N–H and O–H groups in total. The molecule has 1 aromatic heterocycles. The van der Waals surface area contributed by atoms with Crippen molar-refractivity contribution in [1.82, 2.24) is 15.5 Å². The van der Waals surface area contributed by atoms with Crippen LogP contribution in [0.5, 0.6) is 5.75 Å². The summed E-state index contributed by atoms with van der Waals surface area (Å²) in [7, 11) is 0. The second-order valence-corrected chi connectivity index (χ2v) is 5.39. The predicted molar refractivity (Wildman–Crippen MR) is 88.3 cm³/mol. The Bertz CT molecular complexity index is 786. The van der Waals surface area contributed by atoms with E-state index in [2.05, 4.69) is 20.8 Å². The summed E-state index contributed by atoms with van der Waals surface area (Å²) in [6.45, 7) is 3.00. The van der Waals surface area contributed by atoms with Crippen LogP contribution in [0.4, 0.5) is 5.69 Å². The highest BCUT2D eigenvalue weighted by molar-refractivity contribution is 5.95. The van der Waals surface area contributed by atoms with E-state index in [1.807, 2.05) is 0 Å². The van der Waals surface area contributed by atoms with Gasteiger partial charge in [-0.2, -0.15) is 4.98 Å². The number of carbonyl (C=O) groups excluding carboxylic acids is 2. The fourth-order valence-corrected chi connectivity index (χ4v) is 2.02. The molecule has 2 rings (SSSR count). The van der Waals surface area contributed by atoms with Crippen molar-refractivity contribution in [3.8, 4) is 5.75 Å². The van der Waals surface area contributed by atoms with E-state index in [1.165, 1.54) is 6.92 Å². The number of anilines is 1. The molecule has 0 fully saturated rings. The third kappa shape index (κ3) is 5.89. The van der Waals surface area contributed by atoms with Crippen molar-refractivity contribution < 1.29 is 28.8 Å². The molecule has 2 amide bonds. The second kappa shape index (κ2) is 8.60. The number of carboxylic acids is 1. The summed E-state index contributed by atoms with van der Waals surface area (Å²) in [5.41, 5.74) is 0.461. The average molecular weight is 362 g/mol. The van der Waals surface area contributed by atoms with Crippen molar-refractivity contribution >= 4 is 23.5 Å². The van der Waals surface area contributed by atoms with E-state index in [-0.39, 0.29) is 13.0 Å². The lowest BCUT2D eigenvalue weighted by Gasteiger charge is -2.13. The summed E-state index contributed by atoms with van der Waals surface area (Å²) in [6, 6.07) is 5.16. The maximum atomic E-state index is 11.9. The smallest absolute Gasteiger partial charge is 0.326 e. The van der Waals surface area contributed by atoms with E-state index in [1.54, 1.807) is 31.2 Å². The van der Waals surface area contributed by atoms with Crippen molar-refractivity contribution in [2.24, 2.45) is 0 Å². The normalized spacial score (nSPS) is 11.5. The summed E-state index contributed by atoms with van der Waals surface area (Å²) >= 11 is 0. The highest BCUT2D eigenvalue weighted by atomic mass is 16.5. The molecule has 1 heterocycles. The minimum Gasteiger partial charge on any atom is -0.484 e. The Kier molecular flexibility index (Phi) is 6.25. The van der Waals surface area contributed by atoms with Crippen LogP contribution in [0, 0.1) is 6.92 Å². The van der Waals surface area contributed by atoms with Crippen LogP contribution in [0.2, 0.25) is 0 Å². The number of aliphatic carboxylic acids is 1. The van der Waals surface area contributed by atoms with E-state index in [0.717, 1.165) is 0 Å². The zero-order chi connectivity index (χ0) is 19.1. The summed E-state index contributed by atoms with van der Waals surface area (Å²) in [4.78, 5) is 37.9. The number of benzene rings is 1. The van der Waals surface area contributed by atoms with Gasteiger partial charge in [-0.1, -0.05) is 5.16 Å². The van der Waals surface area contributed by atoms with Gasteiger partial charge in [0.1, 0.15) is 11.8 Å². The lowest BCUT2D eigenvalue weighted by atomic mass is 10.2. The topological polar surface area (TPSA) is 144 Å². The van der Waals surface area contributed by atoms with Gasteiger partial charge in [0.15, 0.2) is 12.4 Å². The van der Waals surface area contributed by atoms with Gasteiger partial charge in [0, 0.05) is 12.6 Å².